The van der Waals surface area contributed by atoms with E-state index in [9.17, 15) is 19.8 Å². The minimum Gasteiger partial charge on any atom is -0.480 e. The number of carbonyl (C=O) groups is 2. The number of rotatable bonds is 9. The van der Waals surface area contributed by atoms with E-state index in [0.717, 1.165) is 23.1 Å². The molecule has 0 spiro atoms. The van der Waals surface area contributed by atoms with Crippen LogP contribution in [0.1, 0.15) is 37.8 Å². The molecule has 3 aromatic rings. The summed E-state index contributed by atoms with van der Waals surface area (Å²) in [5.74, 6) is -0.979. The minimum atomic E-state index is -1.66. The summed E-state index contributed by atoms with van der Waals surface area (Å²) in [7, 11) is 0. The summed E-state index contributed by atoms with van der Waals surface area (Å²) < 4.78 is 5.45. The third-order valence-electron chi connectivity index (χ3n) is 6.09. The fraction of sp³-hybridized carbons (Fsp3) is 0.360. The van der Waals surface area contributed by atoms with Crippen LogP contribution in [0.3, 0.4) is 0 Å². The summed E-state index contributed by atoms with van der Waals surface area (Å²) in [5, 5.41) is 25.7. The monoisotopic (exact) mass is 449 g/mol. The molecule has 1 heterocycles. The first-order chi connectivity index (χ1) is 15.8. The summed E-state index contributed by atoms with van der Waals surface area (Å²) >= 11 is 0. The maximum Gasteiger partial charge on any atom is 0.321 e. The van der Waals surface area contributed by atoms with Crippen LogP contribution in [0.25, 0.3) is 22.8 Å². The summed E-state index contributed by atoms with van der Waals surface area (Å²) in [4.78, 5) is 27.0. The highest BCUT2D eigenvalue weighted by Crippen LogP contribution is 2.42. The molecule has 0 bridgehead atoms. The van der Waals surface area contributed by atoms with Gasteiger partial charge in [0, 0.05) is 23.7 Å². The maximum absolute atomic E-state index is 11.3. The Balaban J connectivity index is 1.34. The molecule has 1 aliphatic carbocycles. The lowest BCUT2D eigenvalue weighted by atomic mass is 9.65. The number of hydrogen-bond donors (Lipinski definition) is 3. The quantitative estimate of drug-likeness (QED) is 0.419. The van der Waals surface area contributed by atoms with Crippen molar-refractivity contribution in [1.82, 2.24) is 15.5 Å². The van der Waals surface area contributed by atoms with Crippen molar-refractivity contribution in [2.45, 2.75) is 45.7 Å². The lowest BCUT2D eigenvalue weighted by molar-refractivity contribution is -0.173. The first-order valence-electron chi connectivity index (χ1n) is 11.0. The molecule has 1 saturated carbocycles. The van der Waals surface area contributed by atoms with E-state index >= 15 is 0 Å². The zero-order chi connectivity index (χ0) is 23.6. The molecule has 0 atom stereocenters. The van der Waals surface area contributed by atoms with E-state index in [-0.39, 0.29) is 18.9 Å². The number of nitrogens with zero attached hydrogens (tertiary/aromatic N) is 2. The van der Waals surface area contributed by atoms with E-state index in [1.165, 1.54) is 5.56 Å². The van der Waals surface area contributed by atoms with Crippen molar-refractivity contribution < 1.29 is 24.3 Å². The van der Waals surface area contributed by atoms with E-state index in [4.69, 9.17) is 4.52 Å². The SMILES string of the molecule is CC(C)Cc1ccc(-c2nc(-c3ccc(CNC4CC(C(=O)O)(C(=O)O)C4)cc3)no2)cc1. The van der Waals surface area contributed by atoms with E-state index in [0.29, 0.717) is 24.2 Å². The predicted molar refractivity (Wildman–Crippen MR) is 121 cm³/mol. The molecule has 4 rings (SSSR count). The molecule has 1 aliphatic rings. The van der Waals surface area contributed by atoms with Crippen LogP contribution in [0.5, 0.6) is 0 Å². The fourth-order valence-electron chi connectivity index (χ4n) is 4.11. The van der Waals surface area contributed by atoms with Crippen LogP contribution in [-0.4, -0.2) is 38.3 Å². The summed E-state index contributed by atoms with van der Waals surface area (Å²) in [6.07, 6.45) is 1.19. The Labute approximate surface area is 191 Å². The first-order valence-corrected chi connectivity index (χ1v) is 11.0. The molecule has 8 nitrogen and oxygen atoms in total. The predicted octanol–water partition coefficient (Wildman–Crippen LogP) is 4.01. The minimum absolute atomic E-state index is 0.0832. The van der Waals surface area contributed by atoms with Gasteiger partial charge in [-0.15, -0.1) is 0 Å². The van der Waals surface area contributed by atoms with Crippen molar-refractivity contribution in [2.24, 2.45) is 11.3 Å². The van der Waals surface area contributed by atoms with Gasteiger partial charge >= 0.3 is 11.9 Å². The average molecular weight is 450 g/mol. The first kappa shape index (κ1) is 22.7. The second-order valence-corrected chi connectivity index (χ2v) is 9.09. The van der Waals surface area contributed by atoms with Crippen LogP contribution in [0, 0.1) is 11.3 Å². The molecule has 2 aromatic carbocycles. The van der Waals surface area contributed by atoms with Gasteiger partial charge in [-0.1, -0.05) is 55.4 Å². The van der Waals surface area contributed by atoms with Crippen LogP contribution < -0.4 is 5.32 Å². The maximum atomic E-state index is 11.3. The molecule has 0 radical (unpaired) electrons. The third-order valence-corrected chi connectivity index (χ3v) is 6.09. The molecule has 0 saturated heterocycles. The highest BCUT2D eigenvalue weighted by molar-refractivity contribution is 5.99. The van der Waals surface area contributed by atoms with Crippen molar-refractivity contribution in [2.75, 3.05) is 0 Å². The van der Waals surface area contributed by atoms with Crippen LogP contribution in [-0.2, 0) is 22.6 Å². The number of benzene rings is 2. The van der Waals surface area contributed by atoms with Gasteiger partial charge in [-0.2, -0.15) is 4.98 Å². The fourth-order valence-corrected chi connectivity index (χ4v) is 4.11. The lowest BCUT2D eigenvalue weighted by Crippen LogP contribution is -2.56. The van der Waals surface area contributed by atoms with E-state index < -0.39 is 17.4 Å². The topological polar surface area (TPSA) is 126 Å². The molecule has 3 N–H and O–H groups in total. The van der Waals surface area contributed by atoms with Crippen LogP contribution in [0.2, 0.25) is 0 Å². The Bertz CT molecular complexity index is 1110. The normalized spacial score (nSPS) is 15.4. The zero-order valence-corrected chi connectivity index (χ0v) is 18.6. The van der Waals surface area contributed by atoms with E-state index in [2.05, 4.69) is 41.4 Å². The van der Waals surface area contributed by atoms with Crippen LogP contribution >= 0.6 is 0 Å². The lowest BCUT2D eigenvalue weighted by Gasteiger charge is -2.41. The number of carboxylic acid groups (broad SMARTS) is 2. The molecule has 0 amide bonds. The Hall–Kier alpha value is -3.52. The molecule has 172 valence electrons. The van der Waals surface area contributed by atoms with Gasteiger partial charge in [0.15, 0.2) is 5.41 Å². The molecule has 33 heavy (non-hydrogen) atoms. The van der Waals surface area contributed by atoms with Gasteiger partial charge in [0.05, 0.1) is 0 Å². The Kier molecular flexibility index (Phi) is 6.29. The Morgan fingerprint density at radius 2 is 1.58 bits per heavy atom. The smallest absolute Gasteiger partial charge is 0.321 e. The molecule has 1 aromatic heterocycles. The largest absolute Gasteiger partial charge is 0.480 e. The van der Waals surface area contributed by atoms with Crippen molar-refractivity contribution in [3.63, 3.8) is 0 Å². The summed E-state index contributed by atoms with van der Waals surface area (Å²) in [5.41, 5.74) is 2.31. The van der Waals surface area contributed by atoms with Gasteiger partial charge in [-0.25, -0.2) is 0 Å². The van der Waals surface area contributed by atoms with Crippen molar-refractivity contribution in [3.05, 3.63) is 59.7 Å². The molecule has 8 heteroatoms. The Morgan fingerprint density at radius 1 is 1.00 bits per heavy atom. The highest BCUT2D eigenvalue weighted by Gasteiger charge is 2.56. The number of hydrogen-bond acceptors (Lipinski definition) is 6. The van der Waals surface area contributed by atoms with Crippen LogP contribution in [0.15, 0.2) is 53.1 Å². The number of aliphatic carboxylic acids is 2. The molecule has 1 fully saturated rings. The van der Waals surface area contributed by atoms with Gasteiger partial charge in [0.1, 0.15) is 0 Å². The van der Waals surface area contributed by atoms with Gasteiger partial charge in [0.2, 0.25) is 5.82 Å². The standard InChI is InChI=1S/C25H27N3O5/c1-15(2)11-16-3-9-19(10-4-16)22-27-21(28-33-22)18-7-5-17(6-8-18)14-26-20-12-25(13-20,23(29)30)24(31)32/h3-10,15,20,26H,11-14H2,1-2H3,(H,29,30)(H,31,32). The van der Waals surface area contributed by atoms with Crippen molar-refractivity contribution in [3.8, 4) is 22.8 Å². The number of nitrogens with one attached hydrogen (secondary N) is 1. The molecular weight excluding hydrogens is 422 g/mol. The number of aromatic nitrogens is 2. The highest BCUT2D eigenvalue weighted by atomic mass is 16.5. The van der Waals surface area contributed by atoms with Crippen LogP contribution in [0.4, 0.5) is 0 Å². The van der Waals surface area contributed by atoms with Gasteiger partial charge in [0.25, 0.3) is 5.89 Å². The second-order valence-electron chi connectivity index (χ2n) is 9.09. The number of carboxylic acids is 2. The van der Waals surface area contributed by atoms with Crippen molar-refractivity contribution >= 4 is 11.9 Å². The summed E-state index contributed by atoms with van der Waals surface area (Å²) in [6, 6.07) is 15.7. The average Bonchev–Trinajstić information content (AvgIpc) is 3.23. The molecule has 0 aliphatic heterocycles. The molecular formula is C25H27N3O5. The second kappa shape index (κ2) is 9.15. The van der Waals surface area contributed by atoms with Gasteiger partial charge in [-0.3, -0.25) is 9.59 Å². The van der Waals surface area contributed by atoms with E-state index in [1.54, 1.807) is 0 Å². The third kappa shape index (κ3) is 4.80. The Morgan fingerprint density at radius 3 is 2.15 bits per heavy atom. The molecule has 0 unspecified atom stereocenters. The van der Waals surface area contributed by atoms with Gasteiger partial charge in [-0.05, 0) is 48.4 Å². The van der Waals surface area contributed by atoms with Gasteiger partial charge < -0.3 is 20.1 Å². The summed E-state index contributed by atoms with van der Waals surface area (Å²) in [6.45, 7) is 4.90. The zero-order valence-electron chi connectivity index (χ0n) is 18.6. The van der Waals surface area contributed by atoms with E-state index in [1.807, 2.05) is 36.4 Å². The van der Waals surface area contributed by atoms with Crippen molar-refractivity contribution in [1.29, 1.82) is 0 Å².